The van der Waals surface area contributed by atoms with Gasteiger partial charge in [-0.2, -0.15) is 0 Å². The minimum atomic E-state index is -0.275. The Balaban J connectivity index is 1.19. The van der Waals surface area contributed by atoms with Gasteiger partial charge in [0.05, 0.1) is 18.2 Å². The molecule has 1 aliphatic carbocycles. The van der Waals surface area contributed by atoms with Gasteiger partial charge in [-0.05, 0) is 57.0 Å². The topological polar surface area (TPSA) is 72.1 Å². The van der Waals surface area contributed by atoms with Gasteiger partial charge in [0, 0.05) is 50.0 Å². The number of rotatable bonds is 7. The van der Waals surface area contributed by atoms with Gasteiger partial charge in [-0.25, -0.2) is 14.3 Å². The lowest BCUT2D eigenvalue weighted by atomic mass is 10.1. The molecule has 0 unspecified atom stereocenters. The second-order valence-corrected chi connectivity index (χ2v) is 9.64. The first-order valence-electron chi connectivity index (χ1n) is 11.8. The Kier molecular flexibility index (Phi) is 5.70. The number of hydrogen-bond acceptors (Lipinski definition) is 6. The zero-order valence-electron chi connectivity index (χ0n) is 19.3. The van der Waals surface area contributed by atoms with E-state index in [1.54, 1.807) is 15.3 Å². The number of benzene rings is 1. The molecular weight excluding hydrogens is 418 g/mol. The fraction of sp³-hybridized carbons (Fsp3) is 0.480. The Labute approximate surface area is 193 Å². The largest absolute Gasteiger partial charge is 0.459 e. The van der Waals surface area contributed by atoms with Crippen LogP contribution in [0.1, 0.15) is 37.0 Å². The summed E-state index contributed by atoms with van der Waals surface area (Å²) >= 11 is 0. The quantitative estimate of drug-likeness (QED) is 0.517. The fourth-order valence-corrected chi connectivity index (χ4v) is 4.68. The van der Waals surface area contributed by atoms with Crippen LogP contribution in [0.3, 0.4) is 0 Å². The standard InChI is InChI=1S/C25H31N5O3/c1-19(2)33-23(31)20-6-5-7-21(16-20)28-14-12-27(13-15-28)17-25(9-10-25)18-30-24(32)29-11-4-3-8-22(29)26-30/h3-8,11,16,19H,9-10,12-15,17-18H2,1-2H3. The number of carbonyl (C=O) groups is 1. The number of aromatic nitrogens is 3. The highest BCUT2D eigenvalue weighted by molar-refractivity contribution is 5.90. The number of anilines is 1. The van der Waals surface area contributed by atoms with Crippen LogP contribution in [0.25, 0.3) is 5.65 Å². The van der Waals surface area contributed by atoms with E-state index in [-0.39, 0.29) is 23.2 Å². The van der Waals surface area contributed by atoms with Crippen LogP contribution in [0.2, 0.25) is 0 Å². The maximum absolute atomic E-state index is 12.7. The number of fused-ring (bicyclic) bond motifs is 1. The lowest BCUT2D eigenvalue weighted by Gasteiger charge is -2.37. The van der Waals surface area contributed by atoms with Crippen molar-refractivity contribution in [1.29, 1.82) is 0 Å². The molecule has 1 saturated carbocycles. The molecule has 2 aromatic heterocycles. The van der Waals surface area contributed by atoms with Crippen LogP contribution in [0.15, 0.2) is 53.5 Å². The van der Waals surface area contributed by atoms with Crippen molar-refractivity contribution in [2.24, 2.45) is 5.41 Å². The lowest BCUT2D eigenvalue weighted by Crippen LogP contribution is -2.48. The Morgan fingerprint density at radius 1 is 1.06 bits per heavy atom. The van der Waals surface area contributed by atoms with E-state index >= 15 is 0 Å². The zero-order chi connectivity index (χ0) is 23.0. The van der Waals surface area contributed by atoms with Crippen molar-refractivity contribution in [3.8, 4) is 0 Å². The van der Waals surface area contributed by atoms with Crippen molar-refractivity contribution in [3.05, 3.63) is 64.7 Å². The number of esters is 1. The van der Waals surface area contributed by atoms with Crippen LogP contribution in [0.5, 0.6) is 0 Å². The third kappa shape index (κ3) is 4.66. The fourth-order valence-electron chi connectivity index (χ4n) is 4.68. The normalized spacial score (nSPS) is 18.1. The van der Waals surface area contributed by atoms with E-state index in [4.69, 9.17) is 4.74 Å². The van der Waals surface area contributed by atoms with Gasteiger partial charge in [-0.15, -0.1) is 5.10 Å². The van der Waals surface area contributed by atoms with E-state index in [1.165, 1.54) is 0 Å². The highest BCUT2D eigenvalue weighted by atomic mass is 16.5. The van der Waals surface area contributed by atoms with Crippen LogP contribution in [-0.4, -0.2) is 63.9 Å². The summed E-state index contributed by atoms with van der Waals surface area (Å²) in [5, 5.41) is 4.53. The summed E-state index contributed by atoms with van der Waals surface area (Å²) in [7, 11) is 0. The van der Waals surface area contributed by atoms with E-state index in [0.29, 0.717) is 17.8 Å². The van der Waals surface area contributed by atoms with Gasteiger partial charge in [0.25, 0.3) is 0 Å². The first-order valence-corrected chi connectivity index (χ1v) is 11.8. The summed E-state index contributed by atoms with van der Waals surface area (Å²) in [4.78, 5) is 29.8. The average molecular weight is 450 g/mol. The summed E-state index contributed by atoms with van der Waals surface area (Å²) in [6.07, 6.45) is 3.91. The molecule has 3 aromatic rings. The van der Waals surface area contributed by atoms with Crippen molar-refractivity contribution in [1.82, 2.24) is 19.1 Å². The molecule has 0 bridgehead atoms. The minimum absolute atomic E-state index is 0.0578. The van der Waals surface area contributed by atoms with Gasteiger partial charge >= 0.3 is 11.7 Å². The molecule has 3 heterocycles. The molecule has 0 atom stereocenters. The maximum Gasteiger partial charge on any atom is 0.350 e. The Morgan fingerprint density at radius 2 is 1.85 bits per heavy atom. The molecule has 8 nitrogen and oxygen atoms in total. The minimum Gasteiger partial charge on any atom is -0.459 e. The van der Waals surface area contributed by atoms with Crippen LogP contribution >= 0.6 is 0 Å². The van der Waals surface area contributed by atoms with E-state index in [1.807, 2.05) is 50.2 Å². The lowest BCUT2D eigenvalue weighted by molar-refractivity contribution is 0.0378. The third-order valence-electron chi connectivity index (χ3n) is 6.65. The van der Waals surface area contributed by atoms with Crippen molar-refractivity contribution >= 4 is 17.3 Å². The average Bonchev–Trinajstić information content (AvgIpc) is 3.49. The van der Waals surface area contributed by atoms with Crippen molar-refractivity contribution in [2.75, 3.05) is 37.6 Å². The van der Waals surface area contributed by atoms with E-state index in [9.17, 15) is 9.59 Å². The number of ether oxygens (including phenoxy) is 1. The van der Waals surface area contributed by atoms with Gasteiger partial charge in [0.2, 0.25) is 0 Å². The molecular formula is C25H31N5O3. The predicted molar refractivity (Wildman–Crippen MR) is 127 cm³/mol. The van der Waals surface area contributed by atoms with E-state index < -0.39 is 0 Å². The Bertz CT molecular complexity index is 1200. The van der Waals surface area contributed by atoms with Crippen molar-refractivity contribution < 1.29 is 9.53 Å². The SMILES string of the molecule is CC(C)OC(=O)c1cccc(N2CCN(CC3(Cn4nc5ccccn5c4=O)CC3)CC2)c1. The molecule has 0 radical (unpaired) electrons. The van der Waals surface area contributed by atoms with Crippen LogP contribution in [0.4, 0.5) is 5.69 Å². The maximum atomic E-state index is 12.7. The molecule has 2 aliphatic rings. The molecule has 1 aliphatic heterocycles. The van der Waals surface area contributed by atoms with E-state index in [2.05, 4.69) is 21.0 Å². The predicted octanol–water partition coefficient (Wildman–Crippen LogP) is 2.66. The molecule has 8 heteroatoms. The number of nitrogens with zero attached hydrogens (tertiary/aromatic N) is 5. The van der Waals surface area contributed by atoms with Crippen LogP contribution < -0.4 is 10.6 Å². The zero-order valence-corrected chi connectivity index (χ0v) is 19.3. The molecule has 1 saturated heterocycles. The van der Waals surface area contributed by atoms with Crippen molar-refractivity contribution in [3.63, 3.8) is 0 Å². The van der Waals surface area contributed by atoms with Gasteiger partial charge in [0.15, 0.2) is 5.65 Å². The molecule has 174 valence electrons. The second-order valence-electron chi connectivity index (χ2n) is 9.64. The highest BCUT2D eigenvalue weighted by Crippen LogP contribution is 2.47. The number of piperazine rings is 1. The molecule has 0 amide bonds. The Morgan fingerprint density at radius 3 is 2.55 bits per heavy atom. The van der Waals surface area contributed by atoms with Gasteiger partial charge in [-0.1, -0.05) is 12.1 Å². The smallest absolute Gasteiger partial charge is 0.350 e. The first kappa shape index (κ1) is 21.7. The van der Waals surface area contributed by atoms with Gasteiger partial charge < -0.3 is 9.64 Å². The molecule has 33 heavy (non-hydrogen) atoms. The summed E-state index contributed by atoms with van der Waals surface area (Å²) in [6.45, 7) is 9.12. The number of pyridine rings is 1. The second kappa shape index (κ2) is 8.67. The first-order chi connectivity index (χ1) is 15.9. The summed E-state index contributed by atoms with van der Waals surface area (Å²) in [5.41, 5.74) is 2.44. The molecule has 2 fully saturated rings. The molecule has 0 N–H and O–H groups in total. The van der Waals surface area contributed by atoms with Gasteiger partial charge in [-0.3, -0.25) is 9.30 Å². The summed E-state index contributed by atoms with van der Waals surface area (Å²) < 4.78 is 8.59. The summed E-state index contributed by atoms with van der Waals surface area (Å²) in [6, 6.07) is 13.3. The highest BCUT2D eigenvalue weighted by Gasteiger charge is 2.45. The van der Waals surface area contributed by atoms with Crippen LogP contribution in [-0.2, 0) is 11.3 Å². The van der Waals surface area contributed by atoms with E-state index in [0.717, 1.165) is 51.3 Å². The molecule has 0 spiro atoms. The number of hydrogen-bond donors (Lipinski definition) is 0. The monoisotopic (exact) mass is 449 g/mol. The van der Waals surface area contributed by atoms with Crippen molar-refractivity contribution in [2.45, 2.75) is 39.3 Å². The third-order valence-corrected chi connectivity index (χ3v) is 6.65. The van der Waals surface area contributed by atoms with Crippen LogP contribution in [0, 0.1) is 5.41 Å². The molecule has 1 aromatic carbocycles. The van der Waals surface area contributed by atoms with Gasteiger partial charge in [0.1, 0.15) is 0 Å². The summed E-state index contributed by atoms with van der Waals surface area (Å²) in [5.74, 6) is -0.275. The Hall–Kier alpha value is -3.13. The number of carbonyl (C=O) groups excluding carboxylic acids is 1. The molecule has 5 rings (SSSR count).